The Balaban J connectivity index is 1.70. The summed E-state index contributed by atoms with van der Waals surface area (Å²) in [6, 6.07) is 0.419. The van der Waals surface area contributed by atoms with E-state index in [9.17, 15) is 4.39 Å². The van der Waals surface area contributed by atoms with Crippen molar-refractivity contribution in [2.75, 3.05) is 20.1 Å². The number of halogens is 1. The number of hydrogen-bond acceptors (Lipinski definition) is 3. The highest BCUT2D eigenvalue weighted by Gasteiger charge is 2.38. The van der Waals surface area contributed by atoms with Crippen LogP contribution in [0.3, 0.4) is 0 Å². The van der Waals surface area contributed by atoms with Gasteiger partial charge in [-0.25, -0.2) is 9.07 Å². The van der Waals surface area contributed by atoms with Crippen molar-refractivity contribution < 1.29 is 4.39 Å². The Hall–Kier alpha value is -0.970. The molecule has 0 amide bonds. The standard InChI is InChI=1S/C15H25FN4/c1-12-3-5-13(6-4-12)20-11-14(17-18-20)15(16)7-9-19(2)10-8-15/h11-13H,3-10H2,1-2H3/t12-,13-. The van der Waals surface area contributed by atoms with Crippen LogP contribution in [0.4, 0.5) is 4.39 Å². The molecule has 0 N–H and O–H groups in total. The van der Waals surface area contributed by atoms with Crippen molar-refractivity contribution in [1.29, 1.82) is 0 Å². The quantitative estimate of drug-likeness (QED) is 0.835. The van der Waals surface area contributed by atoms with Gasteiger partial charge in [0.15, 0.2) is 5.67 Å². The third-order valence-electron chi connectivity index (χ3n) is 5.11. The number of aromatic nitrogens is 3. The van der Waals surface area contributed by atoms with Crippen LogP contribution in [-0.4, -0.2) is 40.0 Å². The van der Waals surface area contributed by atoms with E-state index in [4.69, 9.17) is 0 Å². The summed E-state index contributed by atoms with van der Waals surface area (Å²) in [6.07, 6.45) is 7.70. The Labute approximate surface area is 120 Å². The number of alkyl halides is 1. The van der Waals surface area contributed by atoms with Crippen molar-refractivity contribution >= 4 is 0 Å². The van der Waals surface area contributed by atoms with Crippen LogP contribution < -0.4 is 0 Å². The van der Waals surface area contributed by atoms with E-state index in [0.717, 1.165) is 31.8 Å². The first-order chi connectivity index (χ1) is 9.57. The lowest BCUT2D eigenvalue weighted by molar-refractivity contribution is 0.0632. The zero-order chi connectivity index (χ0) is 14.2. The minimum atomic E-state index is -1.27. The van der Waals surface area contributed by atoms with Crippen molar-refractivity contribution in [3.63, 3.8) is 0 Å². The lowest BCUT2D eigenvalue weighted by Crippen LogP contribution is -2.38. The van der Waals surface area contributed by atoms with Crippen molar-refractivity contribution in [3.05, 3.63) is 11.9 Å². The maximum absolute atomic E-state index is 15.0. The Bertz CT molecular complexity index is 442. The number of hydrogen-bond donors (Lipinski definition) is 0. The number of piperidine rings is 1. The summed E-state index contributed by atoms with van der Waals surface area (Å²) in [7, 11) is 2.04. The molecule has 0 unspecified atom stereocenters. The highest BCUT2D eigenvalue weighted by atomic mass is 19.1. The van der Waals surface area contributed by atoms with Crippen molar-refractivity contribution in [1.82, 2.24) is 19.9 Å². The molecule has 112 valence electrons. The molecule has 2 heterocycles. The predicted molar refractivity (Wildman–Crippen MR) is 76.2 cm³/mol. The SMILES string of the molecule is CN1CCC(F)(c2cn([C@H]3CC[C@H](C)CC3)nn2)CC1. The molecular formula is C15H25FN4. The smallest absolute Gasteiger partial charge is 0.158 e. The van der Waals surface area contributed by atoms with Gasteiger partial charge < -0.3 is 4.90 Å². The summed E-state index contributed by atoms with van der Waals surface area (Å²) < 4.78 is 16.9. The Kier molecular flexibility index (Phi) is 3.80. The maximum Gasteiger partial charge on any atom is 0.158 e. The van der Waals surface area contributed by atoms with Gasteiger partial charge in [-0.15, -0.1) is 5.10 Å². The maximum atomic E-state index is 15.0. The molecule has 4 nitrogen and oxygen atoms in total. The molecule has 2 fully saturated rings. The first-order valence-corrected chi connectivity index (χ1v) is 7.86. The summed E-state index contributed by atoms with van der Waals surface area (Å²) in [5, 5.41) is 8.37. The third-order valence-corrected chi connectivity index (χ3v) is 5.11. The Morgan fingerprint density at radius 2 is 1.85 bits per heavy atom. The van der Waals surface area contributed by atoms with Gasteiger partial charge in [-0.05, 0) is 38.6 Å². The van der Waals surface area contributed by atoms with Crippen LogP contribution in [0.2, 0.25) is 0 Å². The average molecular weight is 280 g/mol. The fraction of sp³-hybridized carbons (Fsp3) is 0.867. The minimum Gasteiger partial charge on any atom is -0.306 e. The zero-order valence-corrected chi connectivity index (χ0v) is 12.6. The van der Waals surface area contributed by atoms with Crippen LogP contribution in [0.5, 0.6) is 0 Å². The van der Waals surface area contributed by atoms with E-state index in [2.05, 4.69) is 22.1 Å². The van der Waals surface area contributed by atoms with Gasteiger partial charge >= 0.3 is 0 Å². The second-order valence-corrected chi connectivity index (χ2v) is 6.77. The topological polar surface area (TPSA) is 34.0 Å². The van der Waals surface area contributed by atoms with E-state index in [1.54, 1.807) is 0 Å². The number of nitrogens with zero attached hydrogens (tertiary/aromatic N) is 4. The Morgan fingerprint density at radius 3 is 2.50 bits per heavy atom. The predicted octanol–water partition coefficient (Wildman–Crippen LogP) is 2.92. The molecule has 0 spiro atoms. The van der Waals surface area contributed by atoms with Crippen LogP contribution in [0.25, 0.3) is 0 Å². The van der Waals surface area contributed by atoms with Gasteiger partial charge in [0, 0.05) is 25.9 Å². The van der Waals surface area contributed by atoms with Crippen LogP contribution in [-0.2, 0) is 5.67 Å². The van der Waals surface area contributed by atoms with Gasteiger partial charge in [0.2, 0.25) is 0 Å². The lowest BCUT2D eigenvalue weighted by Gasteiger charge is -2.32. The van der Waals surface area contributed by atoms with E-state index in [1.807, 2.05) is 17.9 Å². The molecule has 20 heavy (non-hydrogen) atoms. The first kappa shape index (κ1) is 14.0. The molecule has 0 radical (unpaired) electrons. The van der Waals surface area contributed by atoms with Crippen molar-refractivity contribution in [3.8, 4) is 0 Å². The fourth-order valence-corrected chi connectivity index (χ4v) is 3.40. The molecule has 1 aliphatic heterocycles. The average Bonchev–Trinajstić information content (AvgIpc) is 2.94. The zero-order valence-electron chi connectivity index (χ0n) is 12.6. The van der Waals surface area contributed by atoms with Gasteiger partial charge in [-0.2, -0.15) is 0 Å². The van der Waals surface area contributed by atoms with Crippen LogP contribution >= 0.6 is 0 Å². The van der Waals surface area contributed by atoms with Gasteiger partial charge in [-0.3, -0.25) is 0 Å². The van der Waals surface area contributed by atoms with Gasteiger partial charge in [-0.1, -0.05) is 12.1 Å². The molecule has 1 saturated heterocycles. The summed E-state index contributed by atoms with van der Waals surface area (Å²) in [5.74, 6) is 0.815. The van der Waals surface area contributed by atoms with E-state index in [1.165, 1.54) is 12.8 Å². The fourth-order valence-electron chi connectivity index (χ4n) is 3.40. The molecule has 5 heteroatoms. The van der Waals surface area contributed by atoms with E-state index in [-0.39, 0.29) is 0 Å². The van der Waals surface area contributed by atoms with Gasteiger partial charge in [0.1, 0.15) is 5.69 Å². The summed E-state index contributed by atoms with van der Waals surface area (Å²) >= 11 is 0. The second-order valence-electron chi connectivity index (χ2n) is 6.77. The molecule has 0 aromatic carbocycles. The molecule has 1 aromatic rings. The molecule has 0 bridgehead atoms. The number of rotatable bonds is 2. The minimum absolute atomic E-state index is 0.419. The highest BCUT2D eigenvalue weighted by molar-refractivity contribution is 5.09. The molecule has 1 aliphatic carbocycles. The monoisotopic (exact) mass is 280 g/mol. The first-order valence-electron chi connectivity index (χ1n) is 7.86. The highest BCUT2D eigenvalue weighted by Crippen LogP contribution is 2.37. The van der Waals surface area contributed by atoms with E-state index < -0.39 is 5.67 Å². The van der Waals surface area contributed by atoms with E-state index >= 15 is 0 Å². The van der Waals surface area contributed by atoms with E-state index in [0.29, 0.717) is 24.6 Å². The summed E-state index contributed by atoms with van der Waals surface area (Å²) in [4.78, 5) is 2.17. The van der Waals surface area contributed by atoms with Crippen LogP contribution in [0.1, 0.15) is 57.2 Å². The second kappa shape index (κ2) is 5.43. The van der Waals surface area contributed by atoms with Crippen LogP contribution in [0.15, 0.2) is 6.20 Å². The van der Waals surface area contributed by atoms with Gasteiger partial charge in [0.25, 0.3) is 0 Å². The lowest BCUT2D eigenvalue weighted by atomic mass is 9.87. The van der Waals surface area contributed by atoms with Crippen LogP contribution in [0, 0.1) is 5.92 Å². The van der Waals surface area contributed by atoms with Crippen molar-refractivity contribution in [2.24, 2.45) is 5.92 Å². The number of likely N-dealkylation sites (tertiary alicyclic amines) is 1. The summed E-state index contributed by atoms with van der Waals surface area (Å²) in [6.45, 7) is 3.90. The molecular weight excluding hydrogens is 255 g/mol. The Morgan fingerprint density at radius 1 is 1.20 bits per heavy atom. The van der Waals surface area contributed by atoms with Crippen molar-refractivity contribution in [2.45, 2.75) is 57.2 Å². The normalized spacial score (nSPS) is 31.4. The third kappa shape index (κ3) is 2.73. The summed E-state index contributed by atoms with van der Waals surface area (Å²) in [5.41, 5.74) is -0.726. The molecule has 0 atom stereocenters. The van der Waals surface area contributed by atoms with Gasteiger partial charge in [0.05, 0.1) is 12.2 Å². The molecule has 2 aliphatic rings. The molecule has 1 saturated carbocycles. The molecule has 3 rings (SSSR count). The largest absolute Gasteiger partial charge is 0.306 e. The molecule has 1 aromatic heterocycles.